The summed E-state index contributed by atoms with van der Waals surface area (Å²) in [4.78, 5) is 0. The van der Waals surface area contributed by atoms with Crippen LogP contribution in [0, 0.1) is 11.8 Å². The molecule has 14 heavy (non-hydrogen) atoms. The fourth-order valence-electron chi connectivity index (χ4n) is 2.97. The first-order valence-corrected chi connectivity index (χ1v) is 5.53. The molecule has 1 aromatic rings. The average Bonchev–Trinajstić information content (AvgIpc) is 2.67. The first kappa shape index (κ1) is 8.34. The van der Waals surface area contributed by atoms with Crippen LogP contribution in [0.1, 0.15) is 31.7 Å². The van der Waals surface area contributed by atoms with E-state index in [0.717, 1.165) is 11.7 Å². The van der Waals surface area contributed by atoms with E-state index in [1.54, 1.807) is 0 Å². The summed E-state index contributed by atoms with van der Waals surface area (Å²) in [5, 5.41) is 0. The molecule has 1 aliphatic carbocycles. The number of rotatable bonds is 0. The van der Waals surface area contributed by atoms with Gasteiger partial charge in [0.2, 0.25) is 0 Å². The van der Waals surface area contributed by atoms with Gasteiger partial charge in [0.25, 0.3) is 0 Å². The Morgan fingerprint density at radius 1 is 1.21 bits per heavy atom. The van der Waals surface area contributed by atoms with Crippen molar-refractivity contribution < 1.29 is 4.74 Å². The largest absolute Gasteiger partial charge is 0.489 e. The van der Waals surface area contributed by atoms with E-state index in [9.17, 15) is 0 Å². The van der Waals surface area contributed by atoms with Crippen molar-refractivity contribution in [1.82, 2.24) is 0 Å². The van der Waals surface area contributed by atoms with Gasteiger partial charge in [-0.2, -0.15) is 0 Å². The van der Waals surface area contributed by atoms with Gasteiger partial charge in [-0.3, -0.25) is 0 Å². The van der Waals surface area contributed by atoms with E-state index in [1.165, 1.54) is 12.0 Å². The lowest BCUT2D eigenvalue weighted by molar-refractivity contribution is 0.167. The fraction of sp³-hybridized carbons (Fsp3) is 0.538. The standard InChI is InChI=1S/C13H16O/c1-8-7-11-10-5-3-4-6-12(10)14-13(11)9(8)2/h3-6,8-9,11,13H,7H2,1-2H3. The molecular formula is C13H16O. The second-order valence-electron chi connectivity index (χ2n) is 4.80. The quantitative estimate of drug-likeness (QED) is 0.607. The molecule has 1 heterocycles. The van der Waals surface area contributed by atoms with Crippen molar-refractivity contribution in [2.75, 3.05) is 0 Å². The van der Waals surface area contributed by atoms with Crippen molar-refractivity contribution in [3.05, 3.63) is 29.8 Å². The minimum Gasteiger partial charge on any atom is -0.489 e. The zero-order valence-corrected chi connectivity index (χ0v) is 8.73. The maximum absolute atomic E-state index is 6.01. The highest BCUT2D eigenvalue weighted by Gasteiger charge is 2.45. The Hall–Kier alpha value is -0.980. The molecule has 1 nitrogen and oxygen atoms in total. The summed E-state index contributed by atoms with van der Waals surface area (Å²) >= 11 is 0. The molecule has 4 atom stereocenters. The summed E-state index contributed by atoms with van der Waals surface area (Å²) in [5.74, 6) is 3.29. The molecule has 1 aromatic carbocycles. The molecule has 0 amide bonds. The van der Waals surface area contributed by atoms with Gasteiger partial charge in [-0.25, -0.2) is 0 Å². The molecule has 1 heteroatoms. The zero-order chi connectivity index (χ0) is 9.71. The molecule has 1 aliphatic heterocycles. The van der Waals surface area contributed by atoms with Crippen LogP contribution in [0.5, 0.6) is 5.75 Å². The lowest BCUT2D eigenvalue weighted by Crippen LogP contribution is -2.21. The molecule has 0 bridgehead atoms. The lowest BCUT2D eigenvalue weighted by Gasteiger charge is -2.16. The van der Waals surface area contributed by atoms with Crippen molar-refractivity contribution in [2.45, 2.75) is 32.3 Å². The van der Waals surface area contributed by atoms with Crippen LogP contribution in [0.4, 0.5) is 0 Å². The number of benzene rings is 1. The number of hydrogen-bond acceptors (Lipinski definition) is 1. The first-order chi connectivity index (χ1) is 6.77. The van der Waals surface area contributed by atoms with E-state index in [1.807, 2.05) is 0 Å². The topological polar surface area (TPSA) is 9.23 Å². The Bertz CT molecular complexity index is 358. The molecular weight excluding hydrogens is 172 g/mol. The van der Waals surface area contributed by atoms with Gasteiger partial charge in [0.15, 0.2) is 0 Å². The van der Waals surface area contributed by atoms with E-state index in [2.05, 4.69) is 38.1 Å². The van der Waals surface area contributed by atoms with Crippen molar-refractivity contribution in [2.24, 2.45) is 11.8 Å². The normalized spacial score (nSPS) is 39.0. The Balaban J connectivity index is 2.02. The molecule has 2 aliphatic rings. The van der Waals surface area contributed by atoms with Crippen molar-refractivity contribution >= 4 is 0 Å². The van der Waals surface area contributed by atoms with Gasteiger partial charge < -0.3 is 4.74 Å². The molecule has 74 valence electrons. The summed E-state index contributed by atoms with van der Waals surface area (Å²) in [5.41, 5.74) is 1.44. The van der Waals surface area contributed by atoms with E-state index < -0.39 is 0 Å². The number of hydrogen-bond donors (Lipinski definition) is 0. The van der Waals surface area contributed by atoms with E-state index in [0.29, 0.717) is 17.9 Å². The smallest absolute Gasteiger partial charge is 0.123 e. The Kier molecular flexibility index (Phi) is 1.64. The Labute approximate surface area is 85.1 Å². The maximum atomic E-state index is 6.01. The summed E-state index contributed by atoms with van der Waals surface area (Å²) in [6.45, 7) is 4.66. The average molecular weight is 188 g/mol. The van der Waals surface area contributed by atoms with Gasteiger partial charge >= 0.3 is 0 Å². The second-order valence-corrected chi connectivity index (χ2v) is 4.80. The maximum Gasteiger partial charge on any atom is 0.123 e. The van der Waals surface area contributed by atoms with Crippen LogP contribution in [0.2, 0.25) is 0 Å². The molecule has 1 saturated carbocycles. The highest BCUT2D eigenvalue weighted by Crippen LogP contribution is 2.51. The predicted octanol–water partition coefficient (Wildman–Crippen LogP) is 3.21. The zero-order valence-electron chi connectivity index (χ0n) is 8.73. The first-order valence-electron chi connectivity index (χ1n) is 5.53. The molecule has 0 spiro atoms. The molecule has 0 saturated heterocycles. The van der Waals surface area contributed by atoms with Crippen LogP contribution in [0.3, 0.4) is 0 Å². The minimum atomic E-state index is 0.447. The fourth-order valence-corrected chi connectivity index (χ4v) is 2.97. The third-order valence-electron chi connectivity index (χ3n) is 4.02. The van der Waals surface area contributed by atoms with Crippen molar-refractivity contribution in [3.8, 4) is 5.75 Å². The van der Waals surface area contributed by atoms with Gasteiger partial charge in [0.1, 0.15) is 11.9 Å². The SMILES string of the molecule is CC1CC2c3ccccc3OC2C1C. The summed E-state index contributed by atoms with van der Waals surface area (Å²) in [7, 11) is 0. The number of fused-ring (bicyclic) bond motifs is 3. The van der Waals surface area contributed by atoms with Crippen LogP contribution in [-0.2, 0) is 0 Å². The highest BCUT2D eigenvalue weighted by atomic mass is 16.5. The van der Waals surface area contributed by atoms with Crippen LogP contribution in [0.25, 0.3) is 0 Å². The summed E-state index contributed by atoms with van der Waals surface area (Å²) < 4.78 is 6.01. The molecule has 3 rings (SSSR count). The van der Waals surface area contributed by atoms with Crippen LogP contribution in [-0.4, -0.2) is 6.10 Å². The van der Waals surface area contributed by atoms with Crippen LogP contribution < -0.4 is 4.74 Å². The third kappa shape index (κ3) is 0.956. The van der Waals surface area contributed by atoms with Gasteiger partial charge in [0.05, 0.1) is 0 Å². The van der Waals surface area contributed by atoms with Gasteiger partial charge in [-0.1, -0.05) is 32.0 Å². The Morgan fingerprint density at radius 3 is 2.86 bits per heavy atom. The van der Waals surface area contributed by atoms with E-state index >= 15 is 0 Å². The van der Waals surface area contributed by atoms with Crippen molar-refractivity contribution in [3.63, 3.8) is 0 Å². The van der Waals surface area contributed by atoms with Crippen molar-refractivity contribution in [1.29, 1.82) is 0 Å². The number of para-hydroxylation sites is 1. The van der Waals surface area contributed by atoms with Gasteiger partial charge in [-0.05, 0) is 24.3 Å². The highest BCUT2D eigenvalue weighted by molar-refractivity contribution is 5.42. The Morgan fingerprint density at radius 2 is 2.00 bits per heavy atom. The molecule has 0 N–H and O–H groups in total. The lowest BCUT2D eigenvalue weighted by atomic mass is 9.96. The summed E-state index contributed by atoms with van der Waals surface area (Å²) in [6, 6.07) is 8.52. The monoisotopic (exact) mass is 188 g/mol. The second kappa shape index (κ2) is 2.75. The van der Waals surface area contributed by atoms with Crippen LogP contribution in [0.15, 0.2) is 24.3 Å². The minimum absolute atomic E-state index is 0.447. The van der Waals surface area contributed by atoms with Gasteiger partial charge in [0, 0.05) is 11.5 Å². The molecule has 1 fully saturated rings. The number of ether oxygens (including phenoxy) is 1. The molecule has 4 unspecified atom stereocenters. The van der Waals surface area contributed by atoms with E-state index in [4.69, 9.17) is 4.74 Å². The van der Waals surface area contributed by atoms with Gasteiger partial charge in [-0.15, -0.1) is 0 Å². The molecule has 0 aromatic heterocycles. The van der Waals surface area contributed by atoms with E-state index in [-0.39, 0.29) is 0 Å². The predicted molar refractivity (Wildman–Crippen MR) is 56.5 cm³/mol. The van der Waals surface area contributed by atoms with Crippen LogP contribution >= 0.6 is 0 Å². The third-order valence-corrected chi connectivity index (χ3v) is 4.02. The summed E-state index contributed by atoms with van der Waals surface area (Å²) in [6.07, 6.45) is 1.74. The molecule has 0 radical (unpaired) electrons.